The highest BCUT2D eigenvalue weighted by atomic mass is 32.2. The van der Waals surface area contributed by atoms with E-state index in [0.717, 1.165) is 25.1 Å². The number of anilines is 1. The molecule has 2 fully saturated rings. The topological polar surface area (TPSA) is 57.9 Å². The number of pyridine rings is 1. The van der Waals surface area contributed by atoms with E-state index in [1.165, 1.54) is 11.8 Å². The fourth-order valence-electron chi connectivity index (χ4n) is 4.66. The summed E-state index contributed by atoms with van der Waals surface area (Å²) in [6.45, 7) is 12.8. The van der Waals surface area contributed by atoms with E-state index in [0.29, 0.717) is 50.6 Å². The summed E-state index contributed by atoms with van der Waals surface area (Å²) >= 11 is 6.73. The Labute approximate surface area is 198 Å². The summed E-state index contributed by atoms with van der Waals surface area (Å²) in [4.78, 5) is 36.0. The summed E-state index contributed by atoms with van der Waals surface area (Å²) in [5.74, 6) is 1.85. The van der Waals surface area contributed by atoms with E-state index in [9.17, 15) is 9.59 Å². The van der Waals surface area contributed by atoms with Gasteiger partial charge in [-0.2, -0.15) is 0 Å². The Balaban J connectivity index is 1.87. The zero-order valence-corrected chi connectivity index (χ0v) is 20.9. The molecule has 170 valence electrons. The van der Waals surface area contributed by atoms with Crippen LogP contribution in [0.4, 0.5) is 5.82 Å². The fraction of sp³-hybridized carbons (Fsp3) is 0.500. The van der Waals surface area contributed by atoms with E-state index in [4.69, 9.17) is 17.2 Å². The van der Waals surface area contributed by atoms with Crippen molar-refractivity contribution in [1.82, 2.24) is 14.3 Å². The van der Waals surface area contributed by atoms with Crippen molar-refractivity contribution in [1.29, 1.82) is 0 Å². The van der Waals surface area contributed by atoms with Gasteiger partial charge in [-0.15, -0.1) is 0 Å². The minimum Gasteiger partial charge on any atom is -0.355 e. The maximum Gasteiger partial charge on any atom is 0.267 e. The number of thioether (sulfide) groups is 1. The average Bonchev–Trinajstić information content (AvgIpc) is 2.96. The fourth-order valence-corrected chi connectivity index (χ4v) is 5.91. The van der Waals surface area contributed by atoms with Crippen LogP contribution in [0.3, 0.4) is 0 Å². The third-order valence-corrected chi connectivity index (χ3v) is 7.31. The normalized spacial score (nSPS) is 23.2. The van der Waals surface area contributed by atoms with Gasteiger partial charge < -0.3 is 4.90 Å². The molecule has 0 N–H and O–H groups in total. The Morgan fingerprint density at radius 1 is 1.25 bits per heavy atom. The Bertz CT molecular complexity index is 1160. The van der Waals surface area contributed by atoms with Gasteiger partial charge in [-0.25, -0.2) is 4.98 Å². The number of nitrogens with zero attached hydrogens (tertiary/aromatic N) is 4. The van der Waals surface area contributed by atoms with Gasteiger partial charge >= 0.3 is 0 Å². The van der Waals surface area contributed by atoms with Crippen LogP contribution in [0.25, 0.3) is 11.7 Å². The van der Waals surface area contributed by atoms with Crippen LogP contribution in [-0.4, -0.2) is 44.1 Å². The summed E-state index contributed by atoms with van der Waals surface area (Å²) in [5.41, 5.74) is 1.90. The lowest BCUT2D eigenvalue weighted by atomic mass is 9.91. The number of hydrogen-bond donors (Lipinski definition) is 0. The molecule has 2 atom stereocenters. The van der Waals surface area contributed by atoms with E-state index < -0.39 is 0 Å². The standard InChI is InChI=1S/C24H30N4O2S2/c1-14(2)11-28-23(30)19(32-24(28)31)10-18-21(26-12-15(3)9-16(4)13-26)25-20-17(5)7-6-8-27(20)22(18)29/h6-8,10,14-16H,9,11-13H2,1-5H3. The van der Waals surface area contributed by atoms with Crippen molar-refractivity contribution in [3.05, 3.63) is 44.7 Å². The molecule has 32 heavy (non-hydrogen) atoms. The number of rotatable bonds is 4. The lowest BCUT2D eigenvalue weighted by Gasteiger charge is -2.36. The molecule has 2 unspecified atom stereocenters. The molecule has 1 amide bonds. The molecular weight excluding hydrogens is 440 g/mol. The van der Waals surface area contributed by atoms with Crippen LogP contribution in [-0.2, 0) is 4.79 Å². The van der Waals surface area contributed by atoms with Gasteiger partial charge in [0.25, 0.3) is 11.5 Å². The van der Waals surface area contributed by atoms with Gasteiger partial charge in [0, 0.05) is 25.8 Å². The Kier molecular flexibility index (Phi) is 6.45. The number of hydrogen-bond acceptors (Lipinski definition) is 6. The van der Waals surface area contributed by atoms with Crippen molar-refractivity contribution < 1.29 is 4.79 Å². The predicted octanol–water partition coefficient (Wildman–Crippen LogP) is 4.34. The van der Waals surface area contributed by atoms with Crippen LogP contribution in [0, 0.1) is 24.7 Å². The predicted molar refractivity (Wildman–Crippen MR) is 136 cm³/mol. The first-order valence-electron chi connectivity index (χ1n) is 11.2. The van der Waals surface area contributed by atoms with E-state index >= 15 is 0 Å². The molecule has 0 radical (unpaired) electrons. The maximum absolute atomic E-state index is 13.6. The molecule has 2 saturated heterocycles. The molecule has 0 saturated carbocycles. The minimum atomic E-state index is -0.159. The van der Waals surface area contributed by atoms with Crippen LogP contribution in [0.1, 0.15) is 45.2 Å². The minimum absolute atomic E-state index is 0.131. The van der Waals surface area contributed by atoms with E-state index in [-0.39, 0.29) is 11.5 Å². The smallest absolute Gasteiger partial charge is 0.267 e. The molecule has 0 aliphatic carbocycles. The molecule has 6 nitrogen and oxygen atoms in total. The Morgan fingerprint density at radius 2 is 1.94 bits per heavy atom. The van der Waals surface area contributed by atoms with Gasteiger partial charge in [0.05, 0.1) is 10.5 Å². The zero-order chi connectivity index (χ0) is 23.2. The molecular formula is C24H30N4O2S2. The van der Waals surface area contributed by atoms with Crippen LogP contribution in [0.2, 0.25) is 0 Å². The third-order valence-electron chi connectivity index (χ3n) is 5.93. The van der Waals surface area contributed by atoms with Crippen LogP contribution < -0.4 is 10.5 Å². The molecule has 4 heterocycles. The van der Waals surface area contributed by atoms with Gasteiger partial charge in [0.1, 0.15) is 15.8 Å². The monoisotopic (exact) mass is 470 g/mol. The molecule has 4 rings (SSSR count). The number of carbonyl (C=O) groups is 1. The molecule has 2 aromatic heterocycles. The van der Waals surface area contributed by atoms with E-state index in [1.54, 1.807) is 21.6 Å². The highest BCUT2D eigenvalue weighted by Gasteiger charge is 2.34. The molecule has 2 aromatic rings. The van der Waals surface area contributed by atoms with Gasteiger partial charge in [-0.1, -0.05) is 57.7 Å². The molecule has 2 aliphatic heterocycles. The number of amides is 1. The second kappa shape index (κ2) is 8.98. The Morgan fingerprint density at radius 3 is 2.59 bits per heavy atom. The zero-order valence-electron chi connectivity index (χ0n) is 19.3. The van der Waals surface area contributed by atoms with Gasteiger partial charge in [0.2, 0.25) is 0 Å². The Hall–Kier alpha value is -2.19. The number of carbonyl (C=O) groups excluding carboxylic acids is 1. The van der Waals surface area contributed by atoms with Gasteiger partial charge in [-0.05, 0) is 48.8 Å². The molecule has 0 spiro atoms. The summed E-state index contributed by atoms with van der Waals surface area (Å²) < 4.78 is 2.12. The van der Waals surface area contributed by atoms with Crippen molar-refractivity contribution in [2.45, 2.75) is 41.0 Å². The largest absolute Gasteiger partial charge is 0.355 e. The highest BCUT2D eigenvalue weighted by Crippen LogP contribution is 2.35. The number of aromatic nitrogens is 2. The number of piperidine rings is 1. The second-order valence-electron chi connectivity index (χ2n) is 9.58. The first-order chi connectivity index (χ1) is 15.2. The second-order valence-corrected chi connectivity index (χ2v) is 11.3. The lowest BCUT2D eigenvalue weighted by Crippen LogP contribution is -2.40. The number of aryl methyl sites for hydroxylation is 1. The van der Waals surface area contributed by atoms with E-state index in [2.05, 4.69) is 32.6 Å². The third kappa shape index (κ3) is 4.35. The highest BCUT2D eigenvalue weighted by molar-refractivity contribution is 8.26. The summed E-state index contributed by atoms with van der Waals surface area (Å²) in [7, 11) is 0. The lowest BCUT2D eigenvalue weighted by molar-refractivity contribution is -0.122. The SMILES string of the molecule is Cc1cccn2c(=O)c(C=C3SC(=S)N(CC(C)C)C3=O)c(N3CC(C)CC(C)C3)nc12. The van der Waals surface area contributed by atoms with Crippen molar-refractivity contribution in [3.8, 4) is 0 Å². The van der Waals surface area contributed by atoms with Crippen LogP contribution in [0.15, 0.2) is 28.0 Å². The van der Waals surface area contributed by atoms with Gasteiger partial charge in [0.15, 0.2) is 0 Å². The van der Waals surface area contributed by atoms with Crippen molar-refractivity contribution >= 4 is 51.7 Å². The van der Waals surface area contributed by atoms with Crippen LogP contribution >= 0.6 is 24.0 Å². The van der Waals surface area contributed by atoms with Crippen LogP contribution in [0.5, 0.6) is 0 Å². The maximum atomic E-state index is 13.6. The van der Waals surface area contributed by atoms with Crippen molar-refractivity contribution in [2.75, 3.05) is 24.5 Å². The van der Waals surface area contributed by atoms with Gasteiger partial charge in [-0.3, -0.25) is 18.9 Å². The first kappa shape index (κ1) is 23.0. The van der Waals surface area contributed by atoms with Crippen molar-refractivity contribution in [2.24, 2.45) is 17.8 Å². The summed E-state index contributed by atoms with van der Waals surface area (Å²) in [5, 5.41) is 0. The molecule has 0 bridgehead atoms. The molecule has 8 heteroatoms. The number of thiocarbonyl (C=S) groups is 1. The summed E-state index contributed by atoms with van der Waals surface area (Å²) in [6, 6.07) is 3.81. The first-order valence-corrected chi connectivity index (χ1v) is 12.4. The van der Waals surface area contributed by atoms with Crippen molar-refractivity contribution in [3.63, 3.8) is 0 Å². The molecule has 2 aliphatic rings. The quantitative estimate of drug-likeness (QED) is 0.489. The summed E-state index contributed by atoms with van der Waals surface area (Å²) in [6.07, 6.45) is 4.61. The average molecular weight is 471 g/mol. The number of fused-ring (bicyclic) bond motifs is 1. The molecule has 0 aromatic carbocycles. The van der Waals surface area contributed by atoms with E-state index in [1.807, 2.05) is 19.1 Å².